The molecule has 1 saturated heterocycles. The average Bonchev–Trinajstić information content (AvgIpc) is 2.46. The minimum absolute atomic E-state index is 0.238. The number of piperazine rings is 1. The maximum absolute atomic E-state index is 12.9. The van der Waals surface area contributed by atoms with Crippen LogP contribution in [-0.4, -0.2) is 49.6 Å². The van der Waals surface area contributed by atoms with E-state index in [0.29, 0.717) is 6.54 Å². The lowest BCUT2D eigenvalue weighted by Crippen LogP contribution is -2.47. The topological polar surface area (TPSA) is 78.7 Å². The Balaban J connectivity index is 1.74. The molecule has 0 bridgehead atoms. The van der Waals surface area contributed by atoms with Gasteiger partial charge in [0.25, 0.3) is 0 Å². The van der Waals surface area contributed by atoms with Crippen molar-refractivity contribution >= 4 is 17.6 Å². The number of hydrogen-bond donors (Lipinski definition) is 2. The summed E-state index contributed by atoms with van der Waals surface area (Å²) in [6.07, 6.45) is 0.249. The fourth-order valence-corrected chi connectivity index (χ4v) is 2.34. The van der Waals surface area contributed by atoms with Gasteiger partial charge in [0.05, 0.1) is 0 Å². The van der Waals surface area contributed by atoms with Gasteiger partial charge in [0.2, 0.25) is 5.91 Å². The molecule has 0 saturated carbocycles. The highest BCUT2D eigenvalue weighted by molar-refractivity contribution is 5.93. The van der Waals surface area contributed by atoms with Gasteiger partial charge in [-0.3, -0.25) is 15.0 Å². The van der Waals surface area contributed by atoms with Crippen LogP contribution < -0.4 is 16.0 Å². The standard InChI is InChI=1S/C14H19FN4O2/c15-11-1-3-12(4-2-11)19-9-7-18(8-10-19)6-5-13(20)17-14(16)21/h1-4H,5-10H2,(H3,16,17,20,21). The van der Waals surface area contributed by atoms with E-state index in [1.165, 1.54) is 12.1 Å². The second kappa shape index (κ2) is 7.03. The number of anilines is 1. The predicted octanol–water partition coefficient (Wildman–Crippen LogP) is 0.533. The monoisotopic (exact) mass is 294 g/mol. The molecule has 0 spiro atoms. The molecule has 6 nitrogen and oxygen atoms in total. The number of nitrogens with zero attached hydrogens (tertiary/aromatic N) is 2. The molecule has 3 amide bonds. The van der Waals surface area contributed by atoms with Crippen LogP contribution in [0.25, 0.3) is 0 Å². The van der Waals surface area contributed by atoms with Crippen molar-refractivity contribution in [1.82, 2.24) is 10.2 Å². The number of nitrogens with two attached hydrogens (primary N) is 1. The van der Waals surface area contributed by atoms with E-state index in [1.54, 1.807) is 12.1 Å². The number of urea groups is 1. The Bertz CT molecular complexity index is 498. The Hall–Kier alpha value is -2.15. The lowest BCUT2D eigenvalue weighted by atomic mass is 10.2. The first-order valence-electron chi connectivity index (χ1n) is 6.87. The number of halogens is 1. The van der Waals surface area contributed by atoms with Crippen molar-refractivity contribution in [2.45, 2.75) is 6.42 Å². The Morgan fingerprint density at radius 3 is 2.33 bits per heavy atom. The molecule has 1 aliphatic heterocycles. The summed E-state index contributed by atoms with van der Waals surface area (Å²) in [7, 11) is 0. The number of rotatable bonds is 4. The van der Waals surface area contributed by atoms with Crippen molar-refractivity contribution in [1.29, 1.82) is 0 Å². The van der Waals surface area contributed by atoms with E-state index in [1.807, 2.05) is 5.32 Å². The van der Waals surface area contributed by atoms with E-state index >= 15 is 0 Å². The maximum atomic E-state index is 12.9. The molecule has 0 aliphatic carbocycles. The van der Waals surface area contributed by atoms with Gasteiger partial charge in [-0.25, -0.2) is 9.18 Å². The summed E-state index contributed by atoms with van der Waals surface area (Å²) in [6.45, 7) is 3.88. The Kier molecular flexibility index (Phi) is 5.10. The minimum atomic E-state index is -0.818. The molecule has 21 heavy (non-hydrogen) atoms. The highest BCUT2D eigenvalue weighted by Crippen LogP contribution is 2.16. The second-order valence-corrected chi connectivity index (χ2v) is 4.97. The number of carbonyl (C=O) groups is 2. The molecule has 0 radical (unpaired) electrons. The maximum Gasteiger partial charge on any atom is 0.318 e. The van der Waals surface area contributed by atoms with Crippen LogP contribution in [0.15, 0.2) is 24.3 Å². The van der Waals surface area contributed by atoms with Crippen molar-refractivity contribution < 1.29 is 14.0 Å². The molecule has 0 unspecified atom stereocenters. The van der Waals surface area contributed by atoms with Gasteiger partial charge in [0.15, 0.2) is 0 Å². The lowest BCUT2D eigenvalue weighted by molar-refractivity contribution is -0.120. The first-order chi connectivity index (χ1) is 10.0. The highest BCUT2D eigenvalue weighted by Gasteiger charge is 2.18. The van der Waals surface area contributed by atoms with Crippen LogP contribution in [0.4, 0.5) is 14.9 Å². The SMILES string of the molecule is NC(=O)NC(=O)CCN1CCN(c2ccc(F)cc2)CC1. The Morgan fingerprint density at radius 2 is 1.76 bits per heavy atom. The molecule has 1 heterocycles. The molecule has 3 N–H and O–H groups in total. The van der Waals surface area contributed by atoms with Crippen LogP contribution in [-0.2, 0) is 4.79 Å². The van der Waals surface area contributed by atoms with Crippen LogP contribution >= 0.6 is 0 Å². The normalized spacial score (nSPS) is 15.8. The molecule has 1 aliphatic rings. The number of nitrogens with one attached hydrogen (secondary N) is 1. The second-order valence-electron chi connectivity index (χ2n) is 4.97. The van der Waals surface area contributed by atoms with E-state index in [-0.39, 0.29) is 18.1 Å². The van der Waals surface area contributed by atoms with Gasteiger partial charge < -0.3 is 10.6 Å². The van der Waals surface area contributed by atoms with Crippen LogP contribution in [0.5, 0.6) is 0 Å². The molecule has 0 aromatic heterocycles. The third-order valence-corrected chi connectivity index (χ3v) is 3.48. The third kappa shape index (κ3) is 4.71. The summed E-state index contributed by atoms with van der Waals surface area (Å²) in [5, 5.41) is 2.05. The Morgan fingerprint density at radius 1 is 1.14 bits per heavy atom. The summed E-state index contributed by atoms with van der Waals surface area (Å²) in [4.78, 5) is 26.2. The molecule has 114 valence electrons. The molecule has 2 rings (SSSR count). The van der Waals surface area contributed by atoms with Gasteiger partial charge in [-0.05, 0) is 24.3 Å². The molecule has 0 atom stereocenters. The zero-order valence-corrected chi connectivity index (χ0v) is 11.7. The lowest BCUT2D eigenvalue weighted by Gasteiger charge is -2.36. The molecular formula is C14H19FN4O2. The minimum Gasteiger partial charge on any atom is -0.369 e. The number of hydrogen-bond acceptors (Lipinski definition) is 4. The first-order valence-corrected chi connectivity index (χ1v) is 6.87. The largest absolute Gasteiger partial charge is 0.369 e. The number of benzene rings is 1. The van der Waals surface area contributed by atoms with Gasteiger partial charge in [-0.15, -0.1) is 0 Å². The Labute approximate surface area is 122 Å². The van der Waals surface area contributed by atoms with E-state index in [9.17, 15) is 14.0 Å². The van der Waals surface area contributed by atoms with E-state index in [0.717, 1.165) is 31.9 Å². The van der Waals surface area contributed by atoms with Gasteiger partial charge in [0, 0.05) is 44.8 Å². The summed E-state index contributed by atoms with van der Waals surface area (Å²) in [5.74, 6) is -0.596. The fraction of sp³-hybridized carbons (Fsp3) is 0.429. The molecule has 1 aromatic carbocycles. The molecular weight excluding hydrogens is 275 g/mol. The van der Waals surface area contributed by atoms with Crippen molar-refractivity contribution in [2.75, 3.05) is 37.6 Å². The highest BCUT2D eigenvalue weighted by atomic mass is 19.1. The zero-order chi connectivity index (χ0) is 15.2. The summed E-state index contributed by atoms with van der Waals surface area (Å²) >= 11 is 0. The van der Waals surface area contributed by atoms with Crippen molar-refractivity contribution in [3.05, 3.63) is 30.1 Å². The van der Waals surface area contributed by atoms with Gasteiger partial charge in [0.1, 0.15) is 5.82 Å². The van der Waals surface area contributed by atoms with Crippen LogP contribution in [0.3, 0.4) is 0 Å². The fourth-order valence-electron chi connectivity index (χ4n) is 2.34. The summed E-state index contributed by atoms with van der Waals surface area (Å²) in [5.41, 5.74) is 5.88. The molecule has 7 heteroatoms. The van der Waals surface area contributed by atoms with Crippen molar-refractivity contribution in [3.63, 3.8) is 0 Å². The van der Waals surface area contributed by atoms with E-state index < -0.39 is 6.03 Å². The number of carbonyl (C=O) groups excluding carboxylic acids is 2. The third-order valence-electron chi connectivity index (χ3n) is 3.48. The van der Waals surface area contributed by atoms with Crippen LogP contribution in [0, 0.1) is 5.82 Å². The smallest absolute Gasteiger partial charge is 0.318 e. The molecule has 1 fully saturated rings. The van der Waals surface area contributed by atoms with Crippen LogP contribution in [0.1, 0.15) is 6.42 Å². The number of amides is 3. The summed E-state index contributed by atoms with van der Waals surface area (Å²) < 4.78 is 12.9. The first kappa shape index (κ1) is 15.2. The average molecular weight is 294 g/mol. The van der Waals surface area contributed by atoms with Crippen LogP contribution in [0.2, 0.25) is 0 Å². The number of primary amides is 1. The summed E-state index contributed by atoms with van der Waals surface area (Å²) in [6, 6.07) is 5.63. The van der Waals surface area contributed by atoms with E-state index in [2.05, 4.69) is 9.80 Å². The van der Waals surface area contributed by atoms with Gasteiger partial charge in [-0.1, -0.05) is 0 Å². The van der Waals surface area contributed by atoms with E-state index in [4.69, 9.17) is 5.73 Å². The van der Waals surface area contributed by atoms with Gasteiger partial charge in [-0.2, -0.15) is 0 Å². The molecule has 1 aromatic rings. The zero-order valence-electron chi connectivity index (χ0n) is 11.7. The number of imide groups is 1. The van der Waals surface area contributed by atoms with Crippen molar-refractivity contribution in [3.8, 4) is 0 Å². The quantitative estimate of drug-likeness (QED) is 0.849. The predicted molar refractivity (Wildman–Crippen MR) is 77.4 cm³/mol. The van der Waals surface area contributed by atoms with Crippen molar-refractivity contribution in [2.24, 2.45) is 5.73 Å². The van der Waals surface area contributed by atoms with Gasteiger partial charge >= 0.3 is 6.03 Å².